The van der Waals surface area contributed by atoms with Crippen molar-refractivity contribution in [2.24, 2.45) is 0 Å². The predicted molar refractivity (Wildman–Crippen MR) is 83.8 cm³/mol. The maximum atomic E-state index is 4.96. The van der Waals surface area contributed by atoms with Gasteiger partial charge in [0.05, 0.1) is 10.7 Å². The molecule has 1 aliphatic rings. The van der Waals surface area contributed by atoms with Gasteiger partial charge in [-0.1, -0.05) is 30.3 Å². The summed E-state index contributed by atoms with van der Waals surface area (Å²) in [4.78, 5) is 4.83. The Labute approximate surface area is 124 Å². The first-order valence-corrected chi connectivity index (χ1v) is 7.86. The van der Waals surface area contributed by atoms with Gasteiger partial charge in [-0.15, -0.1) is 11.3 Å². The molecule has 5 heteroatoms. The maximum Gasteiger partial charge on any atom is 0.395 e. The van der Waals surface area contributed by atoms with E-state index in [-0.39, 0.29) is 0 Å². The second-order valence-corrected chi connectivity index (χ2v) is 6.05. The smallest absolute Gasteiger partial charge is 0.395 e. The highest BCUT2D eigenvalue weighted by Crippen LogP contribution is 2.37. The Balaban J connectivity index is 1.66. The average molecular weight is 285 g/mol. The van der Waals surface area contributed by atoms with Crippen molar-refractivity contribution in [1.29, 1.82) is 0 Å². The third-order valence-electron chi connectivity index (χ3n) is 3.79. The molecule has 0 spiro atoms. The van der Waals surface area contributed by atoms with Gasteiger partial charge in [0.2, 0.25) is 0 Å². The molecule has 3 rings (SSSR count). The van der Waals surface area contributed by atoms with Crippen molar-refractivity contribution in [2.75, 3.05) is 7.11 Å². The first-order chi connectivity index (χ1) is 9.86. The summed E-state index contributed by atoms with van der Waals surface area (Å²) in [5, 5.41) is 6.74. The third-order valence-corrected chi connectivity index (χ3v) is 4.80. The Morgan fingerprint density at radius 3 is 2.95 bits per heavy atom. The van der Waals surface area contributed by atoms with Gasteiger partial charge in [0, 0.05) is 24.0 Å². The van der Waals surface area contributed by atoms with Crippen LogP contribution in [-0.4, -0.2) is 25.8 Å². The summed E-state index contributed by atoms with van der Waals surface area (Å²) < 4.78 is 4.96. The van der Waals surface area contributed by atoms with Crippen LogP contribution in [0.1, 0.15) is 30.2 Å². The van der Waals surface area contributed by atoms with E-state index in [4.69, 9.17) is 9.64 Å². The van der Waals surface area contributed by atoms with Gasteiger partial charge in [0.25, 0.3) is 0 Å². The number of nitrogens with one attached hydrogen (secondary N) is 1. The molecule has 1 aromatic heterocycles. The second kappa shape index (κ2) is 6.52. The molecule has 0 saturated heterocycles. The zero-order chi connectivity index (χ0) is 13.8. The minimum Gasteiger partial charge on any atom is -0.427 e. The van der Waals surface area contributed by atoms with Gasteiger partial charge >= 0.3 is 7.62 Å². The first kappa shape index (κ1) is 13.8. The lowest BCUT2D eigenvalue weighted by atomic mass is 10.1. The number of hydrogen-bond donors (Lipinski definition) is 1. The lowest BCUT2D eigenvalue weighted by molar-refractivity contribution is 0.420. The lowest BCUT2D eigenvalue weighted by Crippen LogP contribution is -2.31. The summed E-state index contributed by atoms with van der Waals surface area (Å²) in [6.07, 6.45) is 3.53. The quantitative estimate of drug-likeness (QED) is 0.856. The molecule has 2 unspecified atom stereocenters. The molecule has 0 bridgehead atoms. The van der Waals surface area contributed by atoms with Crippen LogP contribution in [0.2, 0.25) is 0 Å². The summed E-state index contributed by atoms with van der Waals surface area (Å²) in [6.45, 7) is 0. The van der Waals surface area contributed by atoms with Crippen LogP contribution in [0.25, 0.3) is 11.3 Å². The normalized spacial score (nSPS) is 22.1. The van der Waals surface area contributed by atoms with Crippen molar-refractivity contribution in [1.82, 2.24) is 10.2 Å². The number of hydrogen-bond acceptors (Lipinski definition) is 4. The Bertz CT molecular complexity index is 546. The molecular weight excluding hydrogens is 267 g/mol. The summed E-state index contributed by atoms with van der Waals surface area (Å²) >= 11 is 1.79. The highest BCUT2D eigenvalue weighted by Gasteiger charge is 2.27. The summed E-state index contributed by atoms with van der Waals surface area (Å²) in [5.41, 5.74) is 2.31. The van der Waals surface area contributed by atoms with E-state index >= 15 is 0 Å². The molecule has 3 nitrogen and oxygen atoms in total. The number of nitrogens with zero attached hydrogens (tertiary/aromatic N) is 1. The van der Waals surface area contributed by atoms with Crippen LogP contribution in [0, 0.1) is 0 Å². The molecule has 1 aromatic carbocycles. The molecule has 1 fully saturated rings. The Morgan fingerprint density at radius 1 is 1.30 bits per heavy atom. The molecular formula is C15H18BN2OS. The van der Waals surface area contributed by atoms with E-state index in [0.717, 1.165) is 12.1 Å². The van der Waals surface area contributed by atoms with Crippen molar-refractivity contribution in [3.8, 4) is 11.3 Å². The van der Waals surface area contributed by atoms with Gasteiger partial charge < -0.3 is 9.88 Å². The van der Waals surface area contributed by atoms with Gasteiger partial charge in [-0.05, 0) is 25.3 Å². The number of benzene rings is 1. The molecule has 2 aromatic rings. The van der Waals surface area contributed by atoms with E-state index in [1.807, 2.05) is 6.07 Å². The Morgan fingerprint density at radius 2 is 2.15 bits per heavy atom. The van der Waals surface area contributed by atoms with E-state index in [1.54, 1.807) is 26.1 Å². The van der Waals surface area contributed by atoms with Crippen LogP contribution in [0.5, 0.6) is 0 Å². The van der Waals surface area contributed by atoms with Crippen LogP contribution < -0.4 is 5.23 Å². The number of thiazole rings is 1. The highest BCUT2D eigenvalue weighted by atomic mass is 32.1. The van der Waals surface area contributed by atoms with E-state index in [2.05, 4.69) is 34.9 Å². The van der Waals surface area contributed by atoms with Crippen molar-refractivity contribution >= 4 is 19.0 Å². The largest absolute Gasteiger partial charge is 0.427 e. The first-order valence-electron chi connectivity index (χ1n) is 6.98. The molecule has 2 atom stereocenters. The second-order valence-electron chi connectivity index (χ2n) is 5.16. The Kier molecular flexibility index (Phi) is 4.50. The molecule has 103 valence electrons. The van der Waals surface area contributed by atoms with Gasteiger partial charge in [0.15, 0.2) is 0 Å². The predicted octanol–water partition coefficient (Wildman–Crippen LogP) is 3.22. The fraction of sp³-hybridized carbons (Fsp3) is 0.400. The van der Waals surface area contributed by atoms with Gasteiger partial charge in [0.1, 0.15) is 0 Å². The van der Waals surface area contributed by atoms with Crippen LogP contribution in [0.4, 0.5) is 0 Å². The van der Waals surface area contributed by atoms with Gasteiger partial charge in [-0.2, -0.15) is 0 Å². The number of aromatic nitrogens is 1. The fourth-order valence-corrected chi connectivity index (χ4v) is 3.72. The summed E-state index contributed by atoms with van der Waals surface area (Å²) in [7, 11) is 3.36. The summed E-state index contributed by atoms with van der Waals surface area (Å²) in [5.74, 6) is 0.584. The van der Waals surface area contributed by atoms with Gasteiger partial charge in [-0.3, -0.25) is 0 Å². The number of rotatable bonds is 5. The molecule has 1 saturated carbocycles. The highest BCUT2D eigenvalue weighted by molar-refractivity contribution is 7.10. The van der Waals surface area contributed by atoms with E-state index in [1.165, 1.54) is 23.4 Å². The van der Waals surface area contributed by atoms with Gasteiger partial charge in [-0.25, -0.2) is 4.98 Å². The van der Waals surface area contributed by atoms with Crippen molar-refractivity contribution < 1.29 is 4.65 Å². The zero-order valence-corrected chi connectivity index (χ0v) is 12.4. The van der Waals surface area contributed by atoms with Crippen LogP contribution in [-0.2, 0) is 4.65 Å². The average Bonchev–Trinajstić information content (AvgIpc) is 3.15. The third kappa shape index (κ3) is 3.11. The SMILES string of the molecule is CO[B]NC1CCC(c2nc(-c3ccccc3)cs2)C1. The minimum atomic E-state index is 0.518. The van der Waals surface area contributed by atoms with Crippen molar-refractivity contribution in [3.05, 3.63) is 40.7 Å². The molecule has 20 heavy (non-hydrogen) atoms. The van der Waals surface area contributed by atoms with Crippen LogP contribution in [0.15, 0.2) is 35.7 Å². The monoisotopic (exact) mass is 285 g/mol. The van der Waals surface area contributed by atoms with Crippen LogP contribution >= 0.6 is 11.3 Å². The van der Waals surface area contributed by atoms with Crippen molar-refractivity contribution in [3.63, 3.8) is 0 Å². The topological polar surface area (TPSA) is 34.1 Å². The molecule has 1 heterocycles. The van der Waals surface area contributed by atoms with Crippen LogP contribution in [0.3, 0.4) is 0 Å². The summed E-state index contributed by atoms with van der Waals surface area (Å²) in [6, 6.07) is 10.9. The van der Waals surface area contributed by atoms with E-state index in [9.17, 15) is 0 Å². The molecule has 0 aliphatic heterocycles. The minimum absolute atomic E-state index is 0.518. The molecule has 1 aliphatic carbocycles. The fourth-order valence-electron chi connectivity index (χ4n) is 2.74. The van der Waals surface area contributed by atoms with Crippen molar-refractivity contribution in [2.45, 2.75) is 31.2 Å². The standard InChI is InChI=1S/C15H18BN2OS/c1-19-16-18-13-8-7-12(9-13)15-17-14(10-20-15)11-5-3-2-4-6-11/h2-6,10,12-13,18H,7-9H2,1H3. The maximum absolute atomic E-state index is 4.96. The van der Waals surface area contributed by atoms with E-state index in [0.29, 0.717) is 12.0 Å². The molecule has 1 radical (unpaired) electrons. The lowest BCUT2D eigenvalue weighted by Gasteiger charge is -2.10. The Hall–Kier alpha value is -1.17. The zero-order valence-electron chi connectivity index (χ0n) is 11.6. The molecule has 0 amide bonds. The molecule has 1 N–H and O–H groups in total. The van der Waals surface area contributed by atoms with E-state index < -0.39 is 0 Å².